The van der Waals surface area contributed by atoms with Crippen molar-refractivity contribution in [2.24, 2.45) is 11.8 Å². The van der Waals surface area contributed by atoms with Crippen LogP contribution in [0, 0.1) is 11.8 Å². The molecule has 15 heavy (non-hydrogen) atoms. The molecule has 1 amide bonds. The third kappa shape index (κ3) is 3.18. The van der Waals surface area contributed by atoms with Crippen LogP contribution in [0.25, 0.3) is 0 Å². The number of likely N-dealkylation sites (tertiary alicyclic amines) is 1. The Bertz CT molecular complexity index is 221. The molecule has 4 nitrogen and oxygen atoms in total. The molecule has 4 heteroatoms. The summed E-state index contributed by atoms with van der Waals surface area (Å²) in [5.74, 6) is 0.458. The van der Waals surface area contributed by atoms with Gasteiger partial charge in [0.1, 0.15) is 0 Å². The lowest BCUT2D eigenvalue weighted by Crippen LogP contribution is -2.48. The number of carbonyl (C=O) groups is 1. The molecule has 1 aliphatic rings. The lowest BCUT2D eigenvalue weighted by molar-refractivity contribution is -0.139. The van der Waals surface area contributed by atoms with Gasteiger partial charge in [-0.05, 0) is 19.4 Å². The molecule has 1 rings (SSSR count). The molecule has 0 saturated carbocycles. The van der Waals surface area contributed by atoms with Crippen molar-refractivity contribution in [2.45, 2.75) is 26.4 Å². The molecule has 1 heterocycles. The summed E-state index contributed by atoms with van der Waals surface area (Å²) in [4.78, 5) is 13.7. The van der Waals surface area contributed by atoms with Crippen LogP contribution in [0.15, 0.2) is 0 Å². The van der Waals surface area contributed by atoms with Crippen molar-refractivity contribution in [1.29, 1.82) is 0 Å². The summed E-state index contributed by atoms with van der Waals surface area (Å²) >= 11 is 0. The number of nitrogens with one attached hydrogen (secondary N) is 1. The number of aliphatic hydroxyl groups excluding tert-OH is 1. The SMILES string of the molecule is CNCC(C)C(=O)N1CCC(C)C(O)C1. The van der Waals surface area contributed by atoms with Gasteiger partial charge in [0.05, 0.1) is 6.10 Å². The van der Waals surface area contributed by atoms with Gasteiger partial charge < -0.3 is 15.3 Å². The zero-order valence-electron chi connectivity index (χ0n) is 9.86. The molecule has 1 aliphatic heterocycles. The van der Waals surface area contributed by atoms with Gasteiger partial charge in [-0.1, -0.05) is 13.8 Å². The van der Waals surface area contributed by atoms with Gasteiger partial charge in [-0.3, -0.25) is 4.79 Å². The molecule has 0 bridgehead atoms. The fraction of sp³-hybridized carbons (Fsp3) is 0.909. The predicted molar refractivity (Wildman–Crippen MR) is 59.5 cm³/mol. The molecule has 0 radical (unpaired) electrons. The number of aliphatic hydroxyl groups is 1. The van der Waals surface area contributed by atoms with E-state index in [0.29, 0.717) is 19.0 Å². The monoisotopic (exact) mass is 214 g/mol. The maximum absolute atomic E-state index is 11.9. The summed E-state index contributed by atoms with van der Waals surface area (Å²) < 4.78 is 0. The van der Waals surface area contributed by atoms with Crippen LogP contribution in [0.4, 0.5) is 0 Å². The largest absolute Gasteiger partial charge is 0.391 e. The van der Waals surface area contributed by atoms with E-state index in [1.807, 2.05) is 20.9 Å². The van der Waals surface area contributed by atoms with Crippen LogP contribution in [0.5, 0.6) is 0 Å². The van der Waals surface area contributed by atoms with E-state index in [1.54, 1.807) is 4.90 Å². The minimum atomic E-state index is -0.357. The molecule has 1 saturated heterocycles. The molecule has 0 aromatic rings. The number of hydrogen-bond acceptors (Lipinski definition) is 3. The summed E-state index contributed by atoms with van der Waals surface area (Å²) in [6, 6.07) is 0. The highest BCUT2D eigenvalue weighted by molar-refractivity contribution is 5.78. The molecule has 88 valence electrons. The number of hydrogen-bond donors (Lipinski definition) is 2. The Hall–Kier alpha value is -0.610. The third-order valence-corrected chi connectivity index (χ3v) is 3.16. The van der Waals surface area contributed by atoms with Crippen LogP contribution >= 0.6 is 0 Å². The zero-order chi connectivity index (χ0) is 11.4. The smallest absolute Gasteiger partial charge is 0.226 e. The first kappa shape index (κ1) is 12.5. The molecule has 1 fully saturated rings. The predicted octanol–water partition coefficient (Wildman–Crippen LogP) is 0.0712. The van der Waals surface area contributed by atoms with Crippen molar-refractivity contribution in [3.05, 3.63) is 0 Å². The van der Waals surface area contributed by atoms with Crippen molar-refractivity contribution < 1.29 is 9.90 Å². The molecule has 0 aromatic heterocycles. The molecule has 0 aliphatic carbocycles. The quantitative estimate of drug-likeness (QED) is 0.699. The highest BCUT2D eigenvalue weighted by atomic mass is 16.3. The van der Waals surface area contributed by atoms with Gasteiger partial charge in [-0.25, -0.2) is 0 Å². The summed E-state index contributed by atoms with van der Waals surface area (Å²) in [7, 11) is 1.84. The van der Waals surface area contributed by atoms with E-state index in [4.69, 9.17) is 0 Å². The minimum Gasteiger partial charge on any atom is -0.391 e. The zero-order valence-corrected chi connectivity index (χ0v) is 9.86. The second-order valence-corrected chi connectivity index (χ2v) is 4.58. The van der Waals surface area contributed by atoms with Crippen molar-refractivity contribution in [3.8, 4) is 0 Å². The number of nitrogens with zero attached hydrogens (tertiary/aromatic N) is 1. The van der Waals surface area contributed by atoms with Crippen LogP contribution in [0.3, 0.4) is 0 Å². The molecular formula is C11H22N2O2. The first-order valence-electron chi connectivity index (χ1n) is 5.67. The maximum Gasteiger partial charge on any atom is 0.226 e. The number of amides is 1. The van der Waals surface area contributed by atoms with Gasteiger partial charge in [0.15, 0.2) is 0 Å². The number of rotatable bonds is 3. The lowest BCUT2D eigenvalue weighted by atomic mass is 9.95. The van der Waals surface area contributed by atoms with E-state index in [0.717, 1.165) is 13.0 Å². The van der Waals surface area contributed by atoms with Gasteiger partial charge in [-0.15, -0.1) is 0 Å². The first-order chi connectivity index (χ1) is 7.06. The van der Waals surface area contributed by atoms with Gasteiger partial charge in [0.2, 0.25) is 5.91 Å². The normalized spacial score (nSPS) is 28.9. The van der Waals surface area contributed by atoms with Gasteiger partial charge in [-0.2, -0.15) is 0 Å². The summed E-state index contributed by atoms with van der Waals surface area (Å²) in [6.45, 7) is 5.92. The highest BCUT2D eigenvalue weighted by Gasteiger charge is 2.29. The summed E-state index contributed by atoms with van der Waals surface area (Å²) in [6.07, 6.45) is 0.545. The van der Waals surface area contributed by atoms with Crippen LogP contribution in [-0.2, 0) is 4.79 Å². The molecule has 3 atom stereocenters. The lowest BCUT2D eigenvalue weighted by Gasteiger charge is -2.35. The van der Waals surface area contributed by atoms with Gasteiger partial charge in [0.25, 0.3) is 0 Å². The average Bonchev–Trinajstić information content (AvgIpc) is 2.21. The van der Waals surface area contributed by atoms with Crippen LogP contribution < -0.4 is 5.32 Å². The van der Waals surface area contributed by atoms with E-state index >= 15 is 0 Å². The Morgan fingerprint density at radius 1 is 1.67 bits per heavy atom. The number of carbonyl (C=O) groups excluding carboxylic acids is 1. The first-order valence-corrected chi connectivity index (χ1v) is 5.67. The molecular weight excluding hydrogens is 192 g/mol. The summed E-state index contributed by atoms with van der Waals surface area (Å²) in [5, 5.41) is 12.7. The van der Waals surface area contributed by atoms with Crippen molar-refractivity contribution in [1.82, 2.24) is 10.2 Å². The Balaban J connectivity index is 2.47. The fourth-order valence-corrected chi connectivity index (χ4v) is 1.95. The average molecular weight is 214 g/mol. The molecule has 2 N–H and O–H groups in total. The molecule has 0 aromatic carbocycles. The van der Waals surface area contributed by atoms with E-state index in [2.05, 4.69) is 5.32 Å². The minimum absolute atomic E-state index is 0.00407. The van der Waals surface area contributed by atoms with E-state index in [1.165, 1.54) is 0 Å². The van der Waals surface area contributed by atoms with Crippen molar-refractivity contribution in [2.75, 3.05) is 26.7 Å². The van der Waals surface area contributed by atoms with E-state index < -0.39 is 0 Å². The highest BCUT2D eigenvalue weighted by Crippen LogP contribution is 2.18. The molecule has 3 unspecified atom stereocenters. The van der Waals surface area contributed by atoms with Crippen molar-refractivity contribution >= 4 is 5.91 Å². The number of piperidine rings is 1. The maximum atomic E-state index is 11.9. The second kappa shape index (κ2) is 5.47. The Labute approximate surface area is 91.6 Å². The Morgan fingerprint density at radius 2 is 2.33 bits per heavy atom. The topological polar surface area (TPSA) is 52.6 Å². The summed E-state index contributed by atoms with van der Waals surface area (Å²) in [5.41, 5.74) is 0. The Kier molecular flexibility index (Phi) is 4.54. The molecule has 0 spiro atoms. The van der Waals surface area contributed by atoms with Crippen molar-refractivity contribution in [3.63, 3.8) is 0 Å². The van der Waals surface area contributed by atoms with Gasteiger partial charge in [0, 0.05) is 25.6 Å². The third-order valence-electron chi connectivity index (χ3n) is 3.16. The number of β-amino-alcohol motifs (C(OH)–C–C–N with tert-alkyl or cyclic N) is 1. The van der Waals surface area contributed by atoms with Crippen LogP contribution in [0.2, 0.25) is 0 Å². The van der Waals surface area contributed by atoms with Crippen LogP contribution in [-0.4, -0.2) is 48.7 Å². The standard InChI is InChI=1S/C11H22N2O2/c1-8-4-5-13(7-10(8)14)11(15)9(2)6-12-3/h8-10,12,14H,4-7H2,1-3H3. The van der Waals surface area contributed by atoms with Crippen LogP contribution in [0.1, 0.15) is 20.3 Å². The van der Waals surface area contributed by atoms with Gasteiger partial charge >= 0.3 is 0 Å². The van der Waals surface area contributed by atoms with E-state index in [9.17, 15) is 9.90 Å². The second-order valence-electron chi connectivity index (χ2n) is 4.58. The Morgan fingerprint density at radius 3 is 2.87 bits per heavy atom. The van der Waals surface area contributed by atoms with E-state index in [-0.39, 0.29) is 17.9 Å². The fourth-order valence-electron chi connectivity index (χ4n) is 1.95.